The minimum Gasteiger partial charge on any atom is -0.352 e. The lowest BCUT2D eigenvalue weighted by Gasteiger charge is -2.32. The molecule has 208 valence electrons. The number of sulfonamides is 1. The molecule has 0 aliphatic rings. The van der Waals surface area contributed by atoms with E-state index in [0.29, 0.717) is 32.7 Å². The summed E-state index contributed by atoms with van der Waals surface area (Å²) in [5.74, 6) is -0.932. The zero-order chi connectivity index (χ0) is 28.7. The molecule has 0 aromatic heterocycles. The molecule has 0 heterocycles. The summed E-state index contributed by atoms with van der Waals surface area (Å²) >= 11 is 18.2. The number of anilines is 1. The summed E-state index contributed by atoms with van der Waals surface area (Å²) in [6.07, 6.45) is 0.709. The number of nitrogens with zero attached hydrogens (tertiary/aromatic N) is 2. The zero-order valence-corrected chi connectivity index (χ0v) is 24.9. The van der Waals surface area contributed by atoms with Crippen molar-refractivity contribution in [1.82, 2.24) is 10.2 Å². The van der Waals surface area contributed by atoms with Gasteiger partial charge in [-0.1, -0.05) is 66.0 Å². The van der Waals surface area contributed by atoms with Crippen LogP contribution in [0.3, 0.4) is 0 Å². The summed E-state index contributed by atoms with van der Waals surface area (Å²) < 4.78 is 28.5. The number of hydrogen-bond acceptors (Lipinski definition) is 4. The number of amides is 2. The van der Waals surface area contributed by atoms with Gasteiger partial charge in [-0.15, -0.1) is 0 Å². The van der Waals surface area contributed by atoms with Crippen LogP contribution in [0.4, 0.5) is 5.69 Å². The van der Waals surface area contributed by atoms with Crippen LogP contribution in [0.15, 0.2) is 77.7 Å². The highest BCUT2D eigenvalue weighted by molar-refractivity contribution is 7.92. The van der Waals surface area contributed by atoms with Crippen LogP contribution in [-0.4, -0.2) is 43.8 Å². The Bertz CT molecular complexity index is 1400. The molecule has 0 aliphatic carbocycles. The monoisotopic (exact) mass is 609 g/mol. The fourth-order valence-electron chi connectivity index (χ4n) is 3.74. The number of para-hydroxylation sites is 1. The van der Waals surface area contributed by atoms with E-state index in [4.69, 9.17) is 34.8 Å². The summed E-state index contributed by atoms with van der Waals surface area (Å²) in [6.45, 7) is 4.87. The highest BCUT2D eigenvalue weighted by Gasteiger charge is 2.32. The van der Waals surface area contributed by atoms with Crippen LogP contribution in [0.5, 0.6) is 0 Å². The molecule has 7 nitrogen and oxygen atoms in total. The Balaban J connectivity index is 2.01. The number of hydrogen-bond donors (Lipinski definition) is 1. The van der Waals surface area contributed by atoms with Crippen LogP contribution in [-0.2, 0) is 26.2 Å². The van der Waals surface area contributed by atoms with Gasteiger partial charge >= 0.3 is 0 Å². The highest BCUT2D eigenvalue weighted by Crippen LogP contribution is 2.27. The second-order valence-corrected chi connectivity index (χ2v) is 12.2. The highest BCUT2D eigenvalue weighted by atomic mass is 35.5. The number of carbonyl (C=O) groups excluding carboxylic acids is 2. The van der Waals surface area contributed by atoms with Crippen molar-refractivity contribution in [1.29, 1.82) is 0 Å². The molecule has 0 unspecified atom stereocenters. The van der Waals surface area contributed by atoms with Crippen LogP contribution >= 0.6 is 34.8 Å². The third-order valence-corrected chi connectivity index (χ3v) is 9.01. The van der Waals surface area contributed by atoms with Gasteiger partial charge in [-0.25, -0.2) is 8.42 Å². The number of nitrogens with one attached hydrogen (secondary N) is 1. The molecule has 0 fully saturated rings. The Labute approximate surface area is 244 Å². The molecule has 2 amide bonds. The minimum atomic E-state index is -4.17. The quantitative estimate of drug-likeness (QED) is 0.281. The fraction of sp³-hybridized carbons (Fsp3) is 0.286. The van der Waals surface area contributed by atoms with E-state index in [9.17, 15) is 18.0 Å². The Morgan fingerprint density at radius 3 is 2.13 bits per heavy atom. The Morgan fingerprint density at radius 1 is 0.897 bits per heavy atom. The molecular formula is C28H30Cl3N3O4S. The van der Waals surface area contributed by atoms with Gasteiger partial charge in [-0.05, 0) is 74.4 Å². The molecule has 0 saturated carbocycles. The number of carbonyl (C=O) groups is 2. The molecule has 0 bridgehead atoms. The predicted molar refractivity (Wildman–Crippen MR) is 157 cm³/mol. The van der Waals surface area contributed by atoms with Crippen molar-refractivity contribution in [3.05, 3.63) is 93.4 Å². The topological polar surface area (TPSA) is 86.8 Å². The number of rotatable bonds is 11. The van der Waals surface area contributed by atoms with Gasteiger partial charge in [-0.2, -0.15) is 0 Å². The number of benzene rings is 3. The molecule has 1 N–H and O–H groups in total. The minimum absolute atomic E-state index is 0.00837. The Morgan fingerprint density at radius 2 is 1.54 bits per heavy atom. The smallest absolute Gasteiger partial charge is 0.264 e. The van der Waals surface area contributed by atoms with Gasteiger partial charge in [0.05, 0.1) is 20.6 Å². The number of halogens is 3. The van der Waals surface area contributed by atoms with Crippen molar-refractivity contribution in [2.75, 3.05) is 10.8 Å². The van der Waals surface area contributed by atoms with E-state index >= 15 is 0 Å². The molecule has 3 aromatic rings. The summed E-state index contributed by atoms with van der Waals surface area (Å²) in [6, 6.07) is 17.9. The SMILES string of the molecule is CC[C@@H](C)NC(=O)[C@@H](C)N(Cc1ccc(Cl)c(Cl)c1)C(=O)CN(c1ccccc1)S(=O)(=O)c1ccc(Cl)cc1. The predicted octanol–water partition coefficient (Wildman–Crippen LogP) is 6.17. The molecular weight excluding hydrogens is 581 g/mol. The second kappa shape index (κ2) is 13.5. The Hall–Kier alpha value is -2.78. The van der Waals surface area contributed by atoms with Crippen molar-refractivity contribution in [3.63, 3.8) is 0 Å². The first-order chi connectivity index (χ1) is 18.4. The normalized spacial score (nSPS) is 12.9. The van der Waals surface area contributed by atoms with Crippen LogP contribution in [0.1, 0.15) is 32.8 Å². The lowest BCUT2D eigenvalue weighted by atomic mass is 10.1. The van der Waals surface area contributed by atoms with E-state index in [0.717, 1.165) is 4.31 Å². The maximum atomic E-state index is 13.9. The lowest BCUT2D eigenvalue weighted by Crippen LogP contribution is -2.52. The standard InChI is InChI=1S/C28H30Cl3N3O4S/c1-4-19(2)32-28(36)20(3)33(17-21-10-15-25(30)26(31)16-21)27(35)18-34(23-8-6-5-7-9-23)39(37,38)24-13-11-22(29)12-14-24/h5-16,19-20H,4,17-18H2,1-3H3,(H,32,36)/t19-,20-/m1/s1. The lowest BCUT2D eigenvalue weighted by molar-refractivity contribution is -0.139. The average molecular weight is 611 g/mol. The summed E-state index contributed by atoms with van der Waals surface area (Å²) in [5, 5.41) is 3.93. The van der Waals surface area contributed by atoms with Gasteiger partial charge in [0, 0.05) is 17.6 Å². The molecule has 2 atom stereocenters. The molecule has 3 aromatic carbocycles. The molecule has 39 heavy (non-hydrogen) atoms. The van der Waals surface area contributed by atoms with E-state index in [1.807, 2.05) is 13.8 Å². The van der Waals surface area contributed by atoms with Crippen LogP contribution in [0, 0.1) is 0 Å². The molecule has 0 saturated heterocycles. The van der Waals surface area contributed by atoms with Crippen molar-refractivity contribution >= 4 is 62.3 Å². The fourth-order valence-corrected chi connectivity index (χ4v) is 5.60. The molecule has 0 spiro atoms. The summed E-state index contributed by atoms with van der Waals surface area (Å²) in [5.41, 5.74) is 0.930. The van der Waals surface area contributed by atoms with Crippen LogP contribution in [0.25, 0.3) is 0 Å². The van der Waals surface area contributed by atoms with Gasteiger partial charge < -0.3 is 10.2 Å². The van der Waals surface area contributed by atoms with Crippen LogP contribution in [0.2, 0.25) is 15.1 Å². The van der Waals surface area contributed by atoms with Crippen LogP contribution < -0.4 is 9.62 Å². The third-order valence-electron chi connectivity index (χ3n) is 6.23. The van der Waals surface area contributed by atoms with Gasteiger partial charge in [0.1, 0.15) is 12.6 Å². The maximum absolute atomic E-state index is 13.9. The van der Waals surface area contributed by atoms with Crippen molar-refractivity contribution in [3.8, 4) is 0 Å². The van der Waals surface area contributed by atoms with E-state index in [2.05, 4.69) is 5.32 Å². The summed E-state index contributed by atoms with van der Waals surface area (Å²) in [7, 11) is -4.17. The molecule has 11 heteroatoms. The second-order valence-electron chi connectivity index (χ2n) is 9.07. The largest absolute Gasteiger partial charge is 0.352 e. The first-order valence-electron chi connectivity index (χ1n) is 12.3. The van der Waals surface area contributed by atoms with Crippen molar-refractivity contribution in [2.45, 2.75) is 50.7 Å². The summed E-state index contributed by atoms with van der Waals surface area (Å²) in [4.78, 5) is 28.3. The van der Waals surface area contributed by atoms with Gasteiger partial charge in [0.15, 0.2) is 0 Å². The molecule has 0 aliphatic heterocycles. The van der Waals surface area contributed by atoms with E-state index in [-0.39, 0.29) is 23.4 Å². The average Bonchev–Trinajstić information content (AvgIpc) is 2.92. The van der Waals surface area contributed by atoms with Gasteiger partial charge in [0.2, 0.25) is 11.8 Å². The van der Waals surface area contributed by atoms with E-state index in [1.165, 1.54) is 29.2 Å². The first-order valence-corrected chi connectivity index (χ1v) is 14.9. The van der Waals surface area contributed by atoms with E-state index < -0.39 is 28.5 Å². The van der Waals surface area contributed by atoms with Crippen molar-refractivity contribution < 1.29 is 18.0 Å². The molecule has 0 radical (unpaired) electrons. The van der Waals surface area contributed by atoms with Gasteiger partial charge in [0.25, 0.3) is 10.0 Å². The van der Waals surface area contributed by atoms with Crippen molar-refractivity contribution in [2.24, 2.45) is 0 Å². The molecule has 3 rings (SSSR count). The van der Waals surface area contributed by atoms with E-state index in [1.54, 1.807) is 55.5 Å². The third kappa shape index (κ3) is 7.88. The zero-order valence-electron chi connectivity index (χ0n) is 21.8. The Kier molecular flexibility index (Phi) is 10.7. The first kappa shape index (κ1) is 30.8. The van der Waals surface area contributed by atoms with Gasteiger partial charge in [-0.3, -0.25) is 13.9 Å². The maximum Gasteiger partial charge on any atom is 0.264 e.